The average Bonchev–Trinajstić information content (AvgIpc) is 3.45. The number of methoxy groups -OCH3 is 1. The third-order valence-electron chi connectivity index (χ3n) is 6.44. The standard InChI is InChI=1S/C29H27NO7/c1-5-35-20-8-6-7-18(13-20)25-24(26(31)21-12-16(2)11-17(3)28(21)34-4)27(32)29(33)30(25)19-9-10-22-23(14-19)37-15-36-22/h6-14,25,31H,5,15H2,1-4H3/b26-24+. The van der Waals surface area contributed by atoms with Crippen LogP contribution >= 0.6 is 0 Å². The van der Waals surface area contributed by atoms with Gasteiger partial charge in [0.1, 0.15) is 17.3 Å². The lowest BCUT2D eigenvalue weighted by molar-refractivity contribution is -0.132. The van der Waals surface area contributed by atoms with Gasteiger partial charge in [-0.1, -0.05) is 18.2 Å². The maximum absolute atomic E-state index is 13.6. The van der Waals surface area contributed by atoms with Crippen molar-refractivity contribution in [3.05, 3.63) is 82.4 Å². The van der Waals surface area contributed by atoms with Gasteiger partial charge in [0.2, 0.25) is 6.79 Å². The number of hydrogen-bond donors (Lipinski definition) is 1. The second-order valence-electron chi connectivity index (χ2n) is 8.87. The van der Waals surface area contributed by atoms with Gasteiger partial charge in [-0.15, -0.1) is 0 Å². The number of Topliss-reactive ketones (excluding diaryl/α,β-unsaturated/α-hetero) is 1. The molecule has 1 saturated heterocycles. The second-order valence-corrected chi connectivity index (χ2v) is 8.87. The number of aliphatic hydroxyl groups excluding tert-OH is 1. The van der Waals surface area contributed by atoms with Gasteiger partial charge in [0.15, 0.2) is 11.5 Å². The molecule has 0 saturated carbocycles. The van der Waals surface area contributed by atoms with E-state index in [-0.39, 0.29) is 18.1 Å². The SMILES string of the molecule is CCOc1cccc(C2/C(=C(\O)c3cc(C)cc(C)c3OC)C(=O)C(=O)N2c2ccc3c(c2)OCO3)c1. The summed E-state index contributed by atoms with van der Waals surface area (Å²) in [6.45, 7) is 6.14. The molecule has 0 radical (unpaired) electrons. The van der Waals surface area contributed by atoms with E-state index in [0.29, 0.717) is 46.4 Å². The van der Waals surface area contributed by atoms with Gasteiger partial charge in [0, 0.05) is 11.8 Å². The second kappa shape index (κ2) is 9.54. The molecular weight excluding hydrogens is 474 g/mol. The number of amides is 1. The molecule has 3 aromatic rings. The molecule has 5 rings (SSSR count). The average molecular weight is 502 g/mol. The monoisotopic (exact) mass is 501 g/mol. The minimum Gasteiger partial charge on any atom is -0.507 e. The molecule has 37 heavy (non-hydrogen) atoms. The molecule has 1 unspecified atom stereocenters. The summed E-state index contributed by atoms with van der Waals surface area (Å²) in [7, 11) is 1.50. The van der Waals surface area contributed by atoms with Crippen LogP contribution in [0.25, 0.3) is 5.76 Å². The quantitative estimate of drug-likeness (QED) is 0.286. The number of rotatable bonds is 6. The van der Waals surface area contributed by atoms with E-state index in [9.17, 15) is 14.7 Å². The van der Waals surface area contributed by atoms with Gasteiger partial charge in [0.25, 0.3) is 11.7 Å². The zero-order chi connectivity index (χ0) is 26.3. The van der Waals surface area contributed by atoms with Gasteiger partial charge in [-0.25, -0.2) is 0 Å². The Morgan fingerprint density at radius 2 is 1.84 bits per heavy atom. The van der Waals surface area contributed by atoms with E-state index in [4.69, 9.17) is 18.9 Å². The Bertz CT molecular complexity index is 1440. The van der Waals surface area contributed by atoms with Crippen molar-refractivity contribution in [3.63, 3.8) is 0 Å². The highest BCUT2D eigenvalue weighted by molar-refractivity contribution is 6.51. The highest BCUT2D eigenvalue weighted by atomic mass is 16.7. The predicted molar refractivity (Wildman–Crippen MR) is 137 cm³/mol. The number of carbonyl (C=O) groups is 2. The lowest BCUT2D eigenvalue weighted by atomic mass is 9.93. The van der Waals surface area contributed by atoms with Crippen molar-refractivity contribution in [1.29, 1.82) is 0 Å². The van der Waals surface area contributed by atoms with Crippen LogP contribution in [0.15, 0.2) is 60.2 Å². The van der Waals surface area contributed by atoms with Crippen molar-refractivity contribution < 1.29 is 33.6 Å². The molecule has 1 fully saturated rings. The number of carbonyl (C=O) groups excluding carboxylic acids is 2. The van der Waals surface area contributed by atoms with Crippen molar-refractivity contribution in [3.8, 4) is 23.0 Å². The number of aryl methyl sites for hydroxylation is 2. The van der Waals surface area contributed by atoms with Crippen LogP contribution in [0.5, 0.6) is 23.0 Å². The van der Waals surface area contributed by atoms with Crippen molar-refractivity contribution >= 4 is 23.1 Å². The molecule has 1 atom stereocenters. The largest absolute Gasteiger partial charge is 0.507 e. The van der Waals surface area contributed by atoms with E-state index in [0.717, 1.165) is 11.1 Å². The Morgan fingerprint density at radius 3 is 2.59 bits per heavy atom. The molecule has 1 amide bonds. The van der Waals surface area contributed by atoms with Crippen molar-refractivity contribution in [1.82, 2.24) is 0 Å². The Morgan fingerprint density at radius 1 is 1.05 bits per heavy atom. The van der Waals surface area contributed by atoms with Crippen LogP contribution in [0.1, 0.15) is 35.2 Å². The Balaban J connectivity index is 1.75. The molecule has 3 aromatic carbocycles. The molecule has 1 N–H and O–H groups in total. The summed E-state index contributed by atoms with van der Waals surface area (Å²) in [4.78, 5) is 28.5. The summed E-state index contributed by atoms with van der Waals surface area (Å²) in [5, 5.41) is 11.6. The smallest absolute Gasteiger partial charge is 0.300 e. The fourth-order valence-corrected chi connectivity index (χ4v) is 4.94. The van der Waals surface area contributed by atoms with Crippen LogP contribution in [0.2, 0.25) is 0 Å². The molecule has 0 aliphatic carbocycles. The predicted octanol–water partition coefficient (Wildman–Crippen LogP) is 5.07. The first-order valence-corrected chi connectivity index (χ1v) is 11.9. The summed E-state index contributed by atoms with van der Waals surface area (Å²) in [6, 6.07) is 14.9. The normalized spacial score (nSPS) is 17.8. The van der Waals surface area contributed by atoms with Crippen molar-refractivity contribution in [2.24, 2.45) is 0 Å². The molecule has 0 bridgehead atoms. The van der Waals surface area contributed by atoms with Crippen LogP contribution < -0.4 is 23.8 Å². The highest BCUT2D eigenvalue weighted by Gasteiger charge is 2.47. The van der Waals surface area contributed by atoms with Crippen molar-refractivity contribution in [2.45, 2.75) is 26.8 Å². The Labute approximate surface area is 214 Å². The number of benzene rings is 3. The van der Waals surface area contributed by atoms with Crippen LogP contribution in [-0.4, -0.2) is 37.3 Å². The molecule has 0 aromatic heterocycles. The van der Waals surface area contributed by atoms with Gasteiger partial charge >= 0.3 is 0 Å². The molecule has 190 valence electrons. The summed E-state index contributed by atoms with van der Waals surface area (Å²) < 4.78 is 22.2. The summed E-state index contributed by atoms with van der Waals surface area (Å²) >= 11 is 0. The van der Waals surface area contributed by atoms with Gasteiger partial charge in [0.05, 0.1) is 30.9 Å². The summed E-state index contributed by atoms with van der Waals surface area (Å²) in [6.07, 6.45) is 0. The minimum absolute atomic E-state index is 0.0420. The number of ether oxygens (including phenoxy) is 4. The third-order valence-corrected chi connectivity index (χ3v) is 6.44. The maximum Gasteiger partial charge on any atom is 0.300 e. The van der Waals surface area contributed by atoms with Crippen molar-refractivity contribution in [2.75, 3.05) is 25.4 Å². The van der Waals surface area contributed by atoms with Gasteiger partial charge in [-0.2, -0.15) is 0 Å². The molecule has 2 heterocycles. The topological polar surface area (TPSA) is 94.5 Å². The molecule has 2 aliphatic heterocycles. The molecular formula is C29H27NO7. The lowest BCUT2D eigenvalue weighted by Crippen LogP contribution is -2.29. The number of ketones is 1. The fourth-order valence-electron chi connectivity index (χ4n) is 4.94. The molecule has 8 nitrogen and oxygen atoms in total. The fraction of sp³-hybridized carbons (Fsp3) is 0.241. The first-order chi connectivity index (χ1) is 17.8. The van der Waals surface area contributed by atoms with Gasteiger partial charge < -0.3 is 24.1 Å². The highest BCUT2D eigenvalue weighted by Crippen LogP contribution is 2.46. The van der Waals surface area contributed by atoms with Gasteiger partial charge in [-0.05, 0) is 67.8 Å². The first kappa shape index (κ1) is 24.2. The van der Waals surface area contributed by atoms with E-state index >= 15 is 0 Å². The number of anilines is 1. The van der Waals surface area contributed by atoms with Gasteiger partial charge in [-0.3, -0.25) is 14.5 Å². The van der Waals surface area contributed by atoms with Crippen LogP contribution in [0.4, 0.5) is 5.69 Å². The van der Waals surface area contributed by atoms with Crippen LogP contribution in [-0.2, 0) is 9.59 Å². The number of aliphatic hydroxyl groups is 1. The summed E-state index contributed by atoms with van der Waals surface area (Å²) in [5.41, 5.74) is 3.01. The lowest BCUT2D eigenvalue weighted by Gasteiger charge is -2.26. The van der Waals surface area contributed by atoms with E-state index in [1.165, 1.54) is 12.0 Å². The number of fused-ring (bicyclic) bond motifs is 1. The first-order valence-electron chi connectivity index (χ1n) is 11.9. The maximum atomic E-state index is 13.6. The zero-order valence-corrected chi connectivity index (χ0v) is 21.0. The number of nitrogens with zero attached hydrogens (tertiary/aromatic N) is 1. The molecule has 2 aliphatic rings. The minimum atomic E-state index is -0.925. The molecule has 0 spiro atoms. The Hall–Kier alpha value is -4.46. The van der Waals surface area contributed by atoms with E-state index in [2.05, 4.69) is 0 Å². The van der Waals surface area contributed by atoms with E-state index in [1.807, 2.05) is 26.8 Å². The van der Waals surface area contributed by atoms with Crippen LogP contribution in [0, 0.1) is 13.8 Å². The Kier molecular flexibility index (Phi) is 6.25. The number of hydrogen-bond acceptors (Lipinski definition) is 7. The summed E-state index contributed by atoms with van der Waals surface area (Å²) in [5.74, 6) is 0.155. The molecule has 8 heteroatoms. The van der Waals surface area contributed by atoms with E-state index in [1.54, 1.807) is 48.5 Å². The zero-order valence-electron chi connectivity index (χ0n) is 21.0. The van der Waals surface area contributed by atoms with E-state index < -0.39 is 17.7 Å². The third kappa shape index (κ3) is 4.14. The van der Waals surface area contributed by atoms with Crippen LogP contribution in [0.3, 0.4) is 0 Å².